The van der Waals surface area contributed by atoms with Crippen molar-refractivity contribution >= 4 is 23.7 Å². The topological polar surface area (TPSA) is 118 Å². The van der Waals surface area contributed by atoms with Crippen LogP contribution in [0.15, 0.2) is 12.1 Å². The van der Waals surface area contributed by atoms with Gasteiger partial charge in [-0.3, -0.25) is 0 Å². The van der Waals surface area contributed by atoms with Gasteiger partial charge in [-0.2, -0.15) is 5.26 Å². The minimum atomic E-state index is -1.73. The number of amides is 3. The number of carbonyl (C=O) groups excluding carboxylic acids is 2. The van der Waals surface area contributed by atoms with E-state index in [1.54, 1.807) is 11.0 Å². The molecule has 0 spiro atoms. The van der Waals surface area contributed by atoms with E-state index < -0.39 is 34.3 Å². The second-order valence-electron chi connectivity index (χ2n) is 14.4. The molecule has 1 saturated carbocycles. The number of carbonyl (C=O) groups is 2. The Morgan fingerprint density at radius 1 is 1.09 bits per heavy atom. The lowest BCUT2D eigenvalue weighted by Crippen LogP contribution is -3.00. The summed E-state index contributed by atoms with van der Waals surface area (Å²) in [5.41, 5.74) is -1.84. The Labute approximate surface area is 322 Å². The molecule has 53 heavy (non-hydrogen) atoms. The SMILES string of the molecule is CC#N.CC[N+](CC)(CC)CC.COC(=O)NCCC[C@@](O)(c1ccc(F)c(Cl)c1F)[C@@H]1CCCN(C(=O)N[C@@H](CC2CCCCC2)CN(C)C)C1.[F-]. The first-order valence-electron chi connectivity index (χ1n) is 19.2. The van der Waals surface area contributed by atoms with Crippen LogP contribution in [0.2, 0.25) is 5.02 Å². The van der Waals surface area contributed by atoms with Crippen molar-refractivity contribution in [2.24, 2.45) is 11.8 Å². The average molecular weight is 777 g/mol. The van der Waals surface area contributed by atoms with Crippen LogP contribution < -0.4 is 15.3 Å². The number of likely N-dealkylation sites (tertiary alicyclic amines) is 1. The van der Waals surface area contributed by atoms with Crippen molar-refractivity contribution in [3.63, 3.8) is 0 Å². The van der Waals surface area contributed by atoms with Crippen molar-refractivity contribution < 1.29 is 37.4 Å². The van der Waals surface area contributed by atoms with Crippen LogP contribution >= 0.6 is 11.6 Å². The molecular formula is C39H68ClF3N6O4. The lowest BCUT2D eigenvalue weighted by Gasteiger charge is -2.43. The molecule has 14 heteroatoms. The molecule has 2 fully saturated rings. The van der Waals surface area contributed by atoms with Gasteiger partial charge in [0.05, 0.1) is 45.0 Å². The summed E-state index contributed by atoms with van der Waals surface area (Å²) >= 11 is 5.89. The van der Waals surface area contributed by atoms with Crippen LogP contribution in [-0.4, -0.2) is 111 Å². The molecule has 3 rings (SSSR count). The molecule has 10 nitrogen and oxygen atoms in total. The quantitative estimate of drug-likeness (QED) is 0.135. The number of likely N-dealkylation sites (N-methyl/N-ethyl adjacent to an activating group) is 1. The van der Waals surface area contributed by atoms with Crippen LogP contribution in [0.1, 0.15) is 104 Å². The number of nitrogens with one attached hydrogen (secondary N) is 2. The summed E-state index contributed by atoms with van der Waals surface area (Å²) in [6, 6.07) is 3.82. The van der Waals surface area contributed by atoms with E-state index in [0.717, 1.165) is 19.0 Å². The van der Waals surface area contributed by atoms with Crippen molar-refractivity contribution in [3.8, 4) is 6.07 Å². The van der Waals surface area contributed by atoms with E-state index in [9.17, 15) is 19.1 Å². The molecule has 0 aromatic heterocycles. The lowest BCUT2D eigenvalue weighted by molar-refractivity contribution is -0.921. The number of hydrogen-bond acceptors (Lipinski definition) is 6. The van der Waals surface area contributed by atoms with Crippen LogP contribution in [0.5, 0.6) is 0 Å². The molecule has 3 atom stereocenters. The van der Waals surface area contributed by atoms with Crippen LogP contribution in [0, 0.1) is 34.8 Å². The molecule has 1 saturated heterocycles. The van der Waals surface area contributed by atoms with Gasteiger partial charge in [0.2, 0.25) is 0 Å². The van der Waals surface area contributed by atoms with Crippen molar-refractivity contribution in [1.29, 1.82) is 5.26 Å². The molecule has 0 unspecified atom stereocenters. The highest BCUT2D eigenvalue weighted by molar-refractivity contribution is 6.31. The van der Waals surface area contributed by atoms with Crippen molar-refractivity contribution in [2.45, 2.75) is 110 Å². The summed E-state index contributed by atoms with van der Waals surface area (Å²) in [5.74, 6) is -1.84. The van der Waals surface area contributed by atoms with Gasteiger partial charge < -0.3 is 39.5 Å². The molecule has 1 aliphatic carbocycles. The highest BCUT2D eigenvalue weighted by Crippen LogP contribution is 2.42. The van der Waals surface area contributed by atoms with Gasteiger partial charge in [-0.15, -0.1) is 0 Å². The van der Waals surface area contributed by atoms with Gasteiger partial charge in [0.25, 0.3) is 0 Å². The zero-order chi connectivity index (χ0) is 39.3. The van der Waals surface area contributed by atoms with E-state index in [4.69, 9.17) is 16.9 Å². The summed E-state index contributed by atoms with van der Waals surface area (Å²) in [6.45, 7) is 17.3. The fourth-order valence-electron chi connectivity index (χ4n) is 7.64. The molecular weight excluding hydrogens is 709 g/mol. The third-order valence-corrected chi connectivity index (χ3v) is 11.4. The van der Waals surface area contributed by atoms with Gasteiger partial charge in [0.15, 0.2) is 5.82 Å². The molecule has 1 heterocycles. The summed E-state index contributed by atoms with van der Waals surface area (Å²) in [5, 5.41) is 24.4. The Bertz CT molecular complexity index is 1230. The monoisotopic (exact) mass is 776 g/mol. The number of methoxy groups -OCH3 is 1. The number of ether oxygens (including phenoxy) is 1. The molecule has 1 aromatic carbocycles. The molecule has 2 aliphatic rings. The number of hydrogen-bond donors (Lipinski definition) is 3. The first-order chi connectivity index (χ1) is 24.7. The predicted octanol–water partition coefficient (Wildman–Crippen LogP) is 4.68. The largest absolute Gasteiger partial charge is 1.00 e. The van der Waals surface area contributed by atoms with Gasteiger partial charge in [-0.05, 0) is 85.9 Å². The Morgan fingerprint density at radius 3 is 2.19 bits per heavy atom. The molecule has 3 amide bonds. The second kappa shape index (κ2) is 26.1. The summed E-state index contributed by atoms with van der Waals surface area (Å²) < 4.78 is 35.1. The smallest absolute Gasteiger partial charge is 0.406 e. The van der Waals surface area contributed by atoms with Crippen molar-refractivity contribution in [2.75, 3.05) is 73.6 Å². The van der Waals surface area contributed by atoms with Crippen LogP contribution in [0.4, 0.5) is 18.4 Å². The number of quaternary nitrogens is 1. The Morgan fingerprint density at radius 2 is 1.68 bits per heavy atom. The Balaban J connectivity index is 0.00000180. The minimum absolute atomic E-state index is 0. The van der Waals surface area contributed by atoms with E-state index in [0.29, 0.717) is 31.7 Å². The fraction of sp³-hybridized carbons (Fsp3) is 0.769. The zero-order valence-electron chi connectivity index (χ0n) is 33.6. The molecule has 0 bridgehead atoms. The first kappa shape index (κ1) is 50.2. The highest BCUT2D eigenvalue weighted by Gasteiger charge is 2.43. The predicted molar refractivity (Wildman–Crippen MR) is 205 cm³/mol. The van der Waals surface area contributed by atoms with E-state index in [2.05, 4.69) is 48.0 Å². The normalized spacial score (nSPS) is 17.7. The molecule has 1 aliphatic heterocycles. The first-order valence-corrected chi connectivity index (χ1v) is 19.6. The van der Waals surface area contributed by atoms with Crippen LogP contribution in [0.3, 0.4) is 0 Å². The van der Waals surface area contributed by atoms with Gasteiger partial charge >= 0.3 is 12.1 Å². The number of nitrogens with zero attached hydrogens (tertiary/aromatic N) is 4. The Kier molecular flexibility index (Phi) is 24.7. The number of rotatable bonds is 15. The van der Waals surface area contributed by atoms with E-state index in [-0.39, 0.29) is 41.9 Å². The second-order valence-corrected chi connectivity index (χ2v) is 14.8. The third-order valence-electron chi connectivity index (χ3n) is 11.0. The minimum Gasteiger partial charge on any atom is -1.00 e. The third kappa shape index (κ3) is 16.2. The van der Waals surface area contributed by atoms with Gasteiger partial charge in [-0.1, -0.05) is 49.8 Å². The van der Waals surface area contributed by atoms with Gasteiger partial charge in [0, 0.05) is 50.6 Å². The number of piperidine rings is 1. The summed E-state index contributed by atoms with van der Waals surface area (Å²) in [6.07, 6.45) is 7.98. The van der Waals surface area contributed by atoms with E-state index in [1.165, 1.54) is 82.9 Å². The zero-order valence-corrected chi connectivity index (χ0v) is 34.3. The van der Waals surface area contributed by atoms with Crippen molar-refractivity contribution in [3.05, 3.63) is 34.4 Å². The molecule has 306 valence electrons. The van der Waals surface area contributed by atoms with Crippen molar-refractivity contribution in [1.82, 2.24) is 20.4 Å². The summed E-state index contributed by atoms with van der Waals surface area (Å²) in [7, 11) is 5.24. The number of benzene rings is 1. The average Bonchev–Trinajstić information content (AvgIpc) is 3.14. The number of nitriles is 1. The fourth-order valence-corrected chi connectivity index (χ4v) is 7.81. The maximum absolute atomic E-state index is 15.3. The van der Waals surface area contributed by atoms with E-state index >= 15 is 4.39 Å². The number of urea groups is 1. The molecule has 3 N–H and O–H groups in total. The maximum Gasteiger partial charge on any atom is 0.406 e. The van der Waals surface area contributed by atoms with Gasteiger partial charge in [0.1, 0.15) is 10.8 Å². The molecule has 0 radical (unpaired) electrons. The maximum atomic E-state index is 15.3. The lowest BCUT2D eigenvalue weighted by atomic mass is 9.74. The Hall–Kier alpha value is -2.79. The summed E-state index contributed by atoms with van der Waals surface area (Å²) in [4.78, 5) is 28.7. The number of alkyl carbamates (subject to hydrolysis) is 1. The molecule has 1 aromatic rings. The standard InChI is InChI=1S/C29H45ClF2N4O4.C8H20N.C2H3N.FH/c1-35(2)19-22(17-20-9-5-4-6-10-20)34-27(37)36-16-7-11-21(18-36)29(39,14-8-15-33-28(38)40-3)23-12-13-24(31)25(30)26(23)32;1-5-9(6-2,7-3)8-4;1-2-3;/h12-13,20-22,39H,4-11,14-19H2,1-3H3,(H,33,38)(H,34,37);5-8H2,1-4H3;1H3;1H/q;+1;;/p-1/t21-,22+,29+;;;/m1.../s1. The number of halogens is 4. The van der Waals surface area contributed by atoms with E-state index in [1.807, 2.05) is 14.1 Å². The van der Waals surface area contributed by atoms with Crippen LogP contribution in [0.25, 0.3) is 0 Å². The van der Waals surface area contributed by atoms with Gasteiger partial charge in [-0.25, -0.2) is 18.4 Å². The number of aliphatic hydroxyl groups is 1. The highest BCUT2D eigenvalue weighted by atomic mass is 35.5. The van der Waals surface area contributed by atoms with Crippen LogP contribution in [-0.2, 0) is 10.3 Å².